The van der Waals surface area contributed by atoms with Crippen LogP contribution in [0.4, 0.5) is 23.2 Å². The molecule has 0 saturated carbocycles. The summed E-state index contributed by atoms with van der Waals surface area (Å²) in [4.78, 5) is 0. The van der Waals surface area contributed by atoms with Crippen LogP contribution < -0.4 is 10.5 Å². The van der Waals surface area contributed by atoms with Crippen molar-refractivity contribution in [2.24, 2.45) is 0 Å². The van der Waals surface area contributed by atoms with Gasteiger partial charge in [0.05, 0.1) is 6.61 Å². The third-order valence-electron chi connectivity index (χ3n) is 2.32. The Kier molecular flexibility index (Phi) is 8.76. The first-order chi connectivity index (χ1) is 9.38. The SMILES string of the molecule is CC.Nc1ccc(OCCCCCC(F)(F)F)c(F)c1. The largest absolute Gasteiger partial charge is 0.491 e. The maximum absolute atomic E-state index is 13.2. The monoisotopic (exact) mass is 295 g/mol. The number of benzene rings is 1. The Hall–Kier alpha value is -1.46. The summed E-state index contributed by atoms with van der Waals surface area (Å²) in [6.45, 7) is 4.19. The molecule has 0 heterocycles. The van der Waals surface area contributed by atoms with Gasteiger partial charge in [-0.1, -0.05) is 13.8 Å². The number of halogens is 4. The van der Waals surface area contributed by atoms with E-state index in [2.05, 4.69) is 0 Å². The summed E-state index contributed by atoms with van der Waals surface area (Å²) >= 11 is 0. The van der Waals surface area contributed by atoms with E-state index in [-0.39, 0.29) is 18.8 Å². The molecule has 0 spiro atoms. The summed E-state index contributed by atoms with van der Waals surface area (Å²) in [5, 5.41) is 0. The normalized spacial score (nSPS) is 10.7. The first-order valence-corrected chi connectivity index (χ1v) is 6.63. The lowest BCUT2D eigenvalue weighted by Crippen LogP contribution is -2.07. The third-order valence-corrected chi connectivity index (χ3v) is 2.32. The molecule has 2 N–H and O–H groups in total. The van der Waals surface area contributed by atoms with Gasteiger partial charge in [-0.05, 0) is 31.4 Å². The fourth-order valence-corrected chi connectivity index (χ4v) is 1.42. The molecule has 0 radical (unpaired) electrons. The minimum absolute atomic E-state index is 0.0665. The number of unbranched alkanes of at least 4 members (excludes halogenated alkanes) is 2. The maximum Gasteiger partial charge on any atom is 0.389 e. The molecule has 0 saturated heterocycles. The Morgan fingerprint density at radius 2 is 1.75 bits per heavy atom. The lowest BCUT2D eigenvalue weighted by molar-refractivity contribution is -0.135. The first-order valence-electron chi connectivity index (χ1n) is 6.63. The number of nitrogens with two attached hydrogens (primary N) is 1. The molecule has 0 amide bonds. The maximum atomic E-state index is 13.2. The molecular weight excluding hydrogens is 274 g/mol. The van der Waals surface area contributed by atoms with E-state index >= 15 is 0 Å². The van der Waals surface area contributed by atoms with Crippen molar-refractivity contribution in [2.45, 2.75) is 45.7 Å². The van der Waals surface area contributed by atoms with Gasteiger partial charge in [0, 0.05) is 18.2 Å². The Labute approximate surface area is 116 Å². The van der Waals surface area contributed by atoms with Crippen molar-refractivity contribution in [1.29, 1.82) is 0 Å². The van der Waals surface area contributed by atoms with Gasteiger partial charge < -0.3 is 10.5 Å². The molecule has 2 nitrogen and oxygen atoms in total. The zero-order chi connectivity index (χ0) is 15.6. The second-order valence-corrected chi connectivity index (χ2v) is 3.96. The quantitative estimate of drug-likeness (QED) is 0.458. The van der Waals surface area contributed by atoms with Crippen LogP contribution in [-0.2, 0) is 0 Å². The summed E-state index contributed by atoms with van der Waals surface area (Å²) in [6.07, 6.45) is -3.97. The Morgan fingerprint density at radius 1 is 1.10 bits per heavy atom. The van der Waals surface area contributed by atoms with E-state index < -0.39 is 18.4 Å². The van der Waals surface area contributed by atoms with Gasteiger partial charge in [-0.25, -0.2) is 4.39 Å². The number of hydrogen-bond donors (Lipinski definition) is 1. The molecule has 0 aromatic heterocycles. The highest BCUT2D eigenvalue weighted by molar-refractivity contribution is 5.42. The minimum atomic E-state index is -4.11. The molecule has 6 heteroatoms. The van der Waals surface area contributed by atoms with Gasteiger partial charge in [-0.3, -0.25) is 0 Å². The van der Waals surface area contributed by atoms with Crippen molar-refractivity contribution in [3.05, 3.63) is 24.0 Å². The second kappa shape index (κ2) is 9.44. The van der Waals surface area contributed by atoms with Gasteiger partial charge in [0.15, 0.2) is 11.6 Å². The Morgan fingerprint density at radius 3 is 2.30 bits per heavy atom. The van der Waals surface area contributed by atoms with E-state index in [1.54, 1.807) is 0 Å². The summed E-state index contributed by atoms with van der Waals surface area (Å²) < 4.78 is 53.8. The second-order valence-electron chi connectivity index (χ2n) is 3.96. The zero-order valence-electron chi connectivity index (χ0n) is 11.8. The molecular formula is C14H21F4NO. The molecule has 1 rings (SSSR count). The summed E-state index contributed by atoms with van der Waals surface area (Å²) in [6, 6.07) is 4.04. The van der Waals surface area contributed by atoms with E-state index in [0.29, 0.717) is 18.5 Å². The van der Waals surface area contributed by atoms with Crippen LogP contribution in [-0.4, -0.2) is 12.8 Å². The number of ether oxygens (including phenoxy) is 1. The van der Waals surface area contributed by atoms with Crippen LogP contribution in [0.2, 0.25) is 0 Å². The predicted octanol–water partition coefficient (Wildman–Crippen LogP) is 4.94. The lowest BCUT2D eigenvalue weighted by Gasteiger charge is -2.08. The van der Waals surface area contributed by atoms with Crippen molar-refractivity contribution in [1.82, 2.24) is 0 Å². The summed E-state index contributed by atoms with van der Waals surface area (Å²) in [7, 11) is 0. The van der Waals surface area contributed by atoms with Gasteiger partial charge in [0.1, 0.15) is 0 Å². The minimum Gasteiger partial charge on any atom is -0.491 e. The third kappa shape index (κ3) is 8.61. The van der Waals surface area contributed by atoms with Gasteiger partial charge in [-0.15, -0.1) is 0 Å². The predicted molar refractivity (Wildman–Crippen MR) is 72.2 cm³/mol. The van der Waals surface area contributed by atoms with Crippen molar-refractivity contribution in [3.63, 3.8) is 0 Å². The molecule has 0 atom stereocenters. The van der Waals surface area contributed by atoms with Gasteiger partial charge >= 0.3 is 6.18 Å². The summed E-state index contributed by atoms with van der Waals surface area (Å²) in [5.74, 6) is -0.495. The van der Waals surface area contributed by atoms with E-state index in [0.717, 1.165) is 6.07 Å². The standard InChI is InChI=1S/C12H15F4NO.C2H6/c13-10-8-9(17)4-5-11(10)18-7-3-1-2-6-12(14,15)16;1-2/h4-5,8H,1-3,6-7,17H2;1-2H3. The molecule has 0 aliphatic rings. The van der Waals surface area contributed by atoms with Crippen molar-refractivity contribution in [2.75, 3.05) is 12.3 Å². The van der Waals surface area contributed by atoms with Crippen LogP contribution in [0.15, 0.2) is 18.2 Å². The van der Waals surface area contributed by atoms with Crippen LogP contribution in [0.25, 0.3) is 0 Å². The number of anilines is 1. The fourth-order valence-electron chi connectivity index (χ4n) is 1.42. The van der Waals surface area contributed by atoms with Gasteiger partial charge in [-0.2, -0.15) is 13.2 Å². The molecule has 0 fully saturated rings. The average Bonchev–Trinajstić information content (AvgIpc) is 2.37. The molecule has 0 aliphatic heterocycles. The molecule has 0 aliphatic carbocycles. The molecule has 116 valence electrons. The van der Waals surface area contributed by atoms with Crippen LogP contribution in [0.1, 0.15) is 39.5 Å². The van der Waals surface area contributed by atoms with Crippen molar-refractivity contribution in [3.8, 4) is 5.75 Å². The number of alkyl halides is 3. The van der Waals surface area contributed by atoms with E-state index in [4.69, 9.17) is 10.5 Å². The molecule has 0 bridgehead atoms. The number of hydrogen-bond acceptors (Lipinski definition) is 2. The van der Waals surface area contributed by atoms with E-state index in [1.807, 2.05) is 13.8 Å². The Balaban J connectivity index is 0.00000172. The number of rotatable bonds is 6. The Bertz CT molecular complexity index is 380. The van der Waals surface area contributed by atoms with Gasteiger partial charge in [0.2, 0.25) is 0 Å². The molecule has 1 aromatic carbocycles. The molecule has 0 unspecified atom stereocenters. The van der Waals surface area contributed by atoms with Crippen LogP contribution in [0.5, 0.6) is 5.75 Å². The topological polar surface area (TPSA) is 35.2 Å². The van der Waals surface area contributed by atoms with Crippen molar-refractivity contribution < 1.29 is 22.3 Å². The highest BCUT2D eigenvalue weighted by atomic mass is 19.4. The fraction of sp³-hybridized carbons (Fsp3) is 0.571. The highest BCUT2D eigenvalue weighted by Crippen LogP contribution is 2.23. The van der Waals surface area contributed by atoms with E-state index in [1.165, 1.54) is 12.1 Å². The molecule has 1 aromatic rings. The van der Waals surface area contributed by atoms with Crippen molar-refractivity contribution >= 4 is 5.69 Å². The lowest BCUT2D eigenvalue weighted by atomic mass is 10.2. The summed E-state index contributed by atoms with van der Waals surface area (Å²) in [5.41, 5.74) is 5.66. The van der Waals surface area contributed by atoms with Crippen LogP contribution in [0, 0.1) is 5.82 Å². The highest BCUT2D eigenvalue weighted by Gasteiger charge is 2.25. The van der Waals surface area contributed by atoms with E-state index in [9.17, 15) is 17.6 Å². The number of nitrogen functional groups attached to an aromatic ring is 1. The van der Waals surface area contributed by atoms with Crippen LogP contribution >= 0.6 is 0 Å². The first kappa shape index (κ1) is 18.5. The smallest absolute Gasteiger partial charge is 0.389 e. The molecule has 20 heavy (non-hydrogen) atoms. The average molecular weight is 295 g/mol. The zero-order valence-corrected chi connectivity index (χ0v) is 11.8. The van der Waals surface area contributed by atoms with Crippen LogP contribution in [0.3, 0.4) is 0 Å². The van der Waals surface area contributed by atoms with Gasteiger partial charge in [0.25, 0.3) is 0 Å².